The molecule has 0 saturated carbocycles. The van der Waals surface area contributed by atoms with Crippen LogP contribution in [0.25, 0.3) is 0 Å². The Bertz CT molecular complexity index is 481. The molecule has 0 unspecified atom stereocenters. The molecule has 0 radical (unpaired) electrons. The number of carbonyl (C=O) groups excluding carboxylic acids is 1. The molecule has 1 N–H and O–H groups in total. The van der Waals surface area contributed by atoms with E-state index in [-0.39, 0.29) is 6.03 Å². The summed E-state index contributed by atoms with van der Waals surface area (Å²) in [7, 11) is 4.02. The third-order valence-corrected chi connectivity index (χ3v) is 4.12. The molecule has 1 aromatic rings. The number of hydrogen-bond donors (Lipinski definition) is 1. The topological polar surface area (TPSA) is 38.8 Å². The Morgan fingerprint density at radius 3 is 2.50 bits per heavy atom. The molecule has 22 heavy (non-hydrogen) atoms. The maximum atomic E-state index is 12.1. The summed E-state index contributed by atoms with van der Waals surface area (Å²) in [6.45, 7) is 7.13. The van der Waals surface area contributed by atoms with Gasteiger partial charge in [-0.2, -0.15) is 0 Å². The van der Waals surface area contributed by atoms with E-state index in [0.29, 0.717) is 6.54 Å². The van der Waals surface area contributed by atoms with Crippen molar-refractivity contribution in [2.75, 3.05) is 58.3 Å². The highest BCUT2D eigenvalue weighted by atomic mass is 16.2. The van der Waals surface area contributed by atoms with E-state index in [4.69, 9.17) is 0 Å². The Labute approximate surface area is 133 Å². The minimum atomic E-state index is 0.0604. The highest BCUT2D eigenvalue weighted by molar-refractivity contribution is 5.74. The number of aryl methyl sites for hydroxylation is 1. The van der Waals surface area contributed by atoms with Crippen molar-refractivity contribution in [3.8, 4) is 0 Å². The third-order valence-electron chi connectivity index (χ3n) is 4.12. The average molecular weight is 304 g/mol. The summed E-state index contributed by atoms with van der Waals surface area (Å²) < 4.78 is 0. The van der Waals surface area contributed by atoms with Gasteiger partial charge in [-0.05, 0) is 32.1 Å². The van der Waals surface area contributed by atoms with Crippen molar-refractivity contribution in [2.45, 2.75) is 13.3 Å². The molecule has 1 fully saturated rings. The molecule has 0 atom stereocenters. The molecular weight excluding hydrogens is 276 g/mol. The van der Waals surface area contributed by atoms with E-state index in [1.165, 1.54) is 11.3 Å². The molecule has 0 aliphatic carbocycles. The first-order valence-electron chi connectivity index (χ1n) is 8.12. The number of urea groups is 1. The summed E-state index contributed by atoms with van der Waals surface area (Å²) in [5.74, 6) is 0. The SMILES string of the molecule is CCc1ccccc1N1CCN(C(=O)NCCN(C)C)CC1. The summed E-state index contributed by atoms with van der Waals surface area (Å²) in [6, 6.07) is 8.62. The lowest BCUT2D eigenvalue weighted by Crippen LogP contribution is -2.52. The number of anilines is 1. The quantitative estimate of drug-likeness (QED) is 0.899. The maximum absolute atomic E-state index is 12.1. The van der Waals surface area contributed by atoms with Gasteiger partial charge in [0.15, 0.2) is 0 Å². The summed E-state index contributed by atoms with van der Waals surface area (Å²) in [5.41, 5.74) is 2.70. The first-order valence-corrected chi connectivity index (χ1v) is 8.12. The smallest absolute Gasteiger partial charge is 0.317 e. The van der Waals surface area contributed by atoms with Crippen molar-refractivity contribution >= 4 is 11.7 Å². The van der Waals surface area contributed by atoms with E-state index >= 15 is 0 Å². The first-order chi connectivity index (χ1) is 10.6. The van der Waals surface area contributed by atoms with E-state index in [9.17, 15) is 4.79 Å². The minimum absolute atomic E-state index is 0.0604. The lowest BCUT2D eigenvalue weighted by Gasteiger charge is -2.37. The zero-order valence-corrected chi connectivity index (χ0v) is 14.0. The summed E-state index contributed by atoms with van der Waals surface area (Å²) >= 11 is 0. The Morgan fingerprint density at radius 1 is 1.18 bits per heavy atom. The van der Waals surface area contributed by atoms with E-state index < -0.39 is 0 Å². The molecule has 1 saturated heterocycles. The van der Waals surface area contributed by atoms with Crippen molar-refractivity contribution in [2.24, 2.45) is 0 Å². The number of carbonyl (C=O) groups is 1. The number of hydrogen-bond acceptors (Lipinski definition) is 3. The van der Waals surface area contributed by atoms with Gasteiger partial charge < -0.3 is 20.0 Å². The van der Waals surface area contributed by atoms with E-state index in [0.717, 1.165) is 39.1 Å². The minimum Gasteiger partial charge on any atom is -0.368 e. The fraction of sp³-hybridized carbons (Fsp3) is 0.588. The van der Waals surface area contributed by atoms with Crippen LogP contribution in [0, 0.1) is 0 Å². The maximum Gasteiger partial charge on any atom is 0.317 e. The fourth-order valence-electron chi connectivity index (χ4n) is 2.77. The molecule has 1 aromatic carbocycles. The van der Waals surface area contributed by atoms with Gasteiger partial charge >= 0.3 is 6.03 Å². The Balaban J connectivity index is 1.84. The zero-order chi connectivity index (χ0) is 15.9. The standard InChI is InChI=1S/C17H28N4O/c1-4-15-7-5-6-8-16(15)20-11-13-21(14-12-20)17(22)18-9-10-19(2)3/h5-8H,4,9-14H2,1-3H3,(H,18,22). The van der Waals surface area contributed by atoms with E-state index in [1.807, 2.05) is 19.0 Å². The lowest BCUT2D eigenvalue weighted by atomic mass is 10.1. The van der Waals surface area contributed by atoms with Crippen LogP contribution in [0.2, 0.25) is 0 Å². The Kier molecular flexibility index (Phi) is 6.07. The van der Waals surface area contributed by atoms with Crippen molar-refractivity contribution in [1.29, 1.82) is 0 Å². The number of para-hydroxylation sites is 1. The van der Waals surface area contributed by atoms with Gasteiger partial charge in [0.25, 0.3) is 0 Å². The third kappa shape index (κ3) is 4.37. The van der Waals surface area contributed by atoms with Gasteiger partial charge in [-0.25, -0.2) is 4.79 Å². The van der Waals surface area contributed by atoms with Gasteiger partial charge in [-0.1, -0.05) is 25.1 Å². The number of nitrogens with zero attached hydrogens (tertiary/aromatic N) is 3. The van der Waals surface area contributed by atoms with Crippen LogP contribution in [-0.4, -0.2) is 69.2 Å². The van der Waals surface area contributed by atoms with Crippen LogP contribution in [-0.2, 0) is 6.42 Å². The summed E-state index contributed by atoms with van der Waals surface area (Å²) in [6.07, 6.45) is 1.04. The van der Waals surface area contributed by atoms with Crippen molar-refractivity contribution in [3.05, 3.63) is 29.8 Å². The number of nitrogens with one attached hydrogen (secondary N) is 1. The van der Waals surface area contributed by atoms with Crippen LogP contribution in [0.15, 0.2) is 24.3 Å². The van der Waals surface area contributed by atoms with E-state index in [2.05, 4.69) is 46.3 Å². The second-order valence-corrected chi connectivity index (χ2v) is 5.99. The van der Waals surface area contributed by atoms with Gasteiger partial charge in [0.05, 0.1) is 0 Å². The molecule has 1 aliphatic heterocycles. The summed E-state index contributed by atoms with van der Waals surface area (Å²) in [5, 5.41) is 2.99. The second kappa shape index (κ2) is 8.03. The highest BCUT2D eigenvalue weighted by Crippen LogP contribution is 2.22. The van der Waals surface area contributed by atoms with Crippen molar-refractivity contribution in [1.82, 2.24) is 15.1 Å². The molecule has 2 rings (SSSR count). The van der Waals surface area contributed by atoms with Gasteiger partial charge in [0.2, 0.25) is 0 Å². The molecule has 1 heterocycles. The summed E-state index contributed by atoms with van der Waals surface area (Å²) in [4.78, 5) is 18.5. The second-order valence-electron chi connectivity index (χ2n) is 5.99. The van der Waals surface area contributed by atoms with Gasteiger partial charge in [-0.3, -0.25) is 0 Å². The molecule has 2 amide bonds. The van der Waals surface area contributed by atoms with Gasteiger partial charge in [-0.15, -0.1) is 0 Å². The van der Waals surface area contributed by atoms with Crippen LogP contribution >= 0.6 is 0 Å². The largest absolute Gasteiger partial charge is 0.368 e. The molecule has 122 valence electrons. The monoisotopic (exact) mass is 304 g/mol. The van der Waals surface area contributed by atoms with Crippen LogP contribution in [0.3, 0.4) is 0 Å². The van der Waals surface area contributed by atoms with Crippen LogP contribution in [0.1, 0.15) is 12.5 Å². The molecular formula is C17H28N4O. The number of likely N-dealkylation sites (N-methyl/N-ethyl adjacent to an activating group) is 1. The number of piperazine rings is 1. The highest BCUT2D eigenvalue weighted by Gasteiger charge is 2.21. The predicted molar refractivity (Wildman–Crippen MR) is 91.6 cm³/mol. The molecule has 5 nitrogen and oxygen atoms in total. The Hall–Kier alpha value is -1.75. The Morgan fingerprint density at radius 2 is 1.86 bits per heavy atom. The van der Waals surface area contributed by atoms with Crippen LogP contribution in [0.5, 0.6) is 0 Å². The predicted octanol–water partition coefficient (Wildman–Crippen LogP) is 1.64. The van der Waals surface area contributed by atoms with Gasteiger partial charge in [0.1, 0.15) is 0 Å². The normalized spacial score (nSPS) is 15.3. The molecule has 0 bridgehead atoms. The molecule has 0 aromatic heterocycles. The van der Waals surface area contributed by atoms with Crippen molar-refractivity contribution in [3.63, 3.8) is 0 Å². The average Bonchev–Trinajstić information content (AvgIpc) is 2.54. The van der Waals surface area contributed by atoms with E-state index in [1.54, 1.807) is 0 Å². The first kappa shape index (κ1) is 16.6. The van der Waals surface area contributed by atoms with Crippen LogP contribution < -0.4 is 10.2 Å². The molecule has 1 aliphatic rings. The molecule has 0 spiro atoms. The number of amides is 2. The van der Waals surface area contributed by atoms with Crippen LogP contribution in [0.4, 0.5) is 10.5 Å². The number of benzene rings is 1. The van der Waals surface area contributed by atoms with Crippen molar-refractivity contribution < 1.29 is 4.79 Å². The zero-order valence-electron chi connectivity index (χ0n) is 14.0. The fourth-order valence-corrected chi connectivity index (χ4v) is 2.77. The van der Waals surface area contributed by atoms with Gasteiger partial charge in [0, 0.05) is 45.0 Å². The molecule has 5 heteroatoms. The number of rotatable bonds is 5. The lowest BCUT2D eigenvalue weighted by molar-refractivity contribution is 0.193.